The standard InChI is InChI=1S/C20H30N4O3/c1-22-9-2-10-23(12-11-22)20(26)15-18-16-27-14-13-24(18)19(25)4-3-17-5-7-21-8-6-17/h5-8,18H,2-4,9-16H2,1H3/t18-/m0/s1. The number of aromatic nitrogens is 1. The molecule has 0 aliphatic carbocycles. The first-order valence-electron chi connectivity index (χ1n) is 9.86. The maximum absolute atomic E-state index is 12.8. The summed E-state index contributed by atoms with van der Waals surface area (Å²) in [5.74, 6) is 0.233. The fourth-order valence-electron chi connectivity index (χ4n) is 3.72. The third-order valence-electron chi connectivity index (χ3n) is 5.41. The highest BCUT2D eigenvalue weighted by molar-refractivity contribution is 5.80. The zero-order valence-electron chi connectivity index (χ0n) is 16.2. The number of morpholine rings is 1. The van der Waals surface area contributed by atoms with Crippen LogP contribution in [0.5, 0.6) is 0 Å². The first kappa shape index (κ1) is 19.8. The van der Waals surface area contributed by atoms with E-state index >= 15 is 0 Å². The van der Waals surface area contributed by atoms with E-state index in [1.54, 1.807) is 12.4 Å². The number of hydrogen-bond acceptors (Lipinski definition) is 5. The number of amides is 2. The molecule has 3 rings (SSSR count). The largest absolute Gasteiger partial charge is 0.377 e. The van der Waals surface area contributed by atoms with Crippen LogP contribution in [0.25, 0.3) is 0 Å². The van der Waals surface area contributed by atoms with Crippen LogP contribution in [0, 0.1) is 0 Å². The molecule has 2 amide bonds. The van der Waals surface area contributed by atoms with E-state index in [1.807, 2.05) is 21.9 Å². The van der Waals surface area contributed by atoms with Gasteiger partial charge in [-0.25, -0.2) is 0 Å². The van der Waals surface area contributed by atoms with Crippen LogP contribution in [0.3, 0.4) is 0 Å². The monoisotopic (exact) mass is 374 g/mol. The van der Waals surface area contributed by atoms with Crippen molar-refractivity contribution >= 4 is 11.8 Å². The Labute approximate surface area is 161 Å². The number of aryl methyl sites for hydroxylation is 1. The second-order valence-electron chi connectivity index (χ2n) is 7.41. The third-order valence-corrected chi connectivity index (χ3v) is 5.41. The molecular weight excluding hydrogens is 344 g/mol. The van der Waals surface area contributed by atoms with Crippen LogP contribution in [0.4, 0.5) is 0 Å². The van der Waals surface area contributed by atoms with Crippen molar-refractivity contribution in [2.24, 2.45) is 0 Å². The molecule has 0 radical (unpaired) electrons. The van der Waals surface area contributed by atoms with Crippen LogP contribution < -0.4 is 0 Å². The molecule has 7 nitrogen and oxygen atoms in total. The van der Waals surface area contributed by atoms with Gasteiger partial charge < -0.3 is 19.4 Å². The van der Waals surface area contributed by atoms with E-state index in [-0.39, 0.29) is 17.9 Å². The number of pyridine rings is 1. The minimum atomic E-state index is -0.155. The van der Waals surface area contributed by atoms with E-state index < -0.39 is 0 Å². The second-order valence-corrected chi connectivity index (χ2v) is 7.41. The summed E-state index contributed by atoms with van der Waals surface area (Å²) in [4.78, 5) is 35.6. The lowest BCUT2D eigenvalue weighted by molar-refractivity contribution is -0.143. The molecule has 2 aliphatic rings. The summed E-state index contributed by atoms with van der Waals surface area (Å²) in [5.41, 5.74) is 1.10. The number of ether oxygens (including phenoxy) is 1. The van der Waals surface area contributed by atoms with Crippen LogP contribution in [0.2, 0.25) is 0 Å². The van der Waals surface area contributed by atoms with Crippen LogP contribution in [0.15, 0.2) is 24.5 Å². The van der Waals surface area contributed by atoms with Crippen LogP contribution in [0.1, 0.15) is 24.8 Å². The van der Waals surface area contributed by atoms with Crippen molar-refractivity contribution in [1.29, 1.82) is 0 Å². The number of carbonyl (C=O) groups is 2. The van der Waals surface area contributed by atoms with Gasteiger partial charge in [0.2, 0.25) is 11.8 Å². The molecule has 148 valence electrons. The highest BCUT2D eigenvalue weighted by Crippen LogP contribution is 2.16. The zero-order chi connectivity index (χ0) is 19.1. The Balaban J connectivity index is 1.54. The maximum Gasteiger partial charge on any atom is 0.224 e. The lowest BCUT2D eigenvalue weighted by Crippen LogP contribution is -2.51. The highest BCUT2D eigenvalue weighted by atomic mass is 16.5. The fourth-order valence-corrected chi connectivity index (χ4v) is 3.72. The molecule has 0 spiro atoms. The van der Waals surface area contributed by atoms with Gasteiger partial charge in [-0.3, -0.25) is 14.6 Å². The molecule has 0 saturated carbocycles. The van der Waals surface area contributed by atoms with Gasteiger partial charge in [-0.15, -0.1) is 0 Å². The van der Waals surface area contributed by atoms with Gasteiger partial charge in [-0.2, -0.15) is 0 Å². The second kappa shape index (κ2) is 9.80. The minimum absolute atomic E-state index is 0.100. The normalized spacial score (nSPS) is 21.7. The van der Waals surface area contributed by atoms with Gasteiger partial charge in [0.05, 0.1) is 19.3 Å². The Kier molecular flexibility index (Phi) is 7.18. The summed E-state index contributed by atoms with van der Waals surface area (Å²) in [6.07, 6.45) is 5.98. The molecule has 1 aromatic rings. The summed E-state index contributed by atoms with van der Waals surface area (Å²) in [7, 11) is 2.09. The quantitative estimate of drug-likeness (QED) is 0.763. The average molecular weight is 374 g/mol. The molecule has 7 heteroatoms. The van der Waals surface area contributed by atoms with Crippen LogP contribution >= 0.6 is 0 Å². The molecule has 0 aromatic carbocycles. The molecule has 0 N–H and O–H groups in total. The van der Waals surface area contributed by atoms with E-state index in [9.17, 15) is 9.59 Å². The van der Waals surface area contributed by atoms with Crippen molar-refractivity contribution in [3.05, 3.63) is 30.1 Å². The van der Waals surface area contributed by atoms with E-state index in [0.29, 0.717) is 39.0 Å². The van der Waals surface area contributed by atoms with Crippen molar-refractivity contribution < 1.29 is 14.3 Å². The maximum atomic E-state index is 12.8. The smallest absolute Gasteiger partial charge is 0.224 e. The molecule has 0 bridgehead atoms. The minimum Gasteiger partial charge on any atom is -0.377 e. The van der Waals surface area contributed by atoms with Gasteiger partial charge in [0.15, 0.2) is 0 Å². The number of nitrogens with zero attached hydrogens (tertiary/aromatic N) is 4. The zero-order valence-corrected chi connectivity index (χ0v) is 16.2. The van der Waals surface area contributed by atoms with Crippen molar-refractivity contribution in [2.75, 3.05) is 53.0 Å². The van der Waals surface area contributed by atoms with Gasteiger partial charge in [0, 0.05) is 51.4 Å². The Morgan fingerprint density at radius 1 is 1.11 bits per heavy atom. The summed E-state index contributed by atoms with van der Waals surface area (Å²) in [5, 5.41) is 0. The van der Waals surface area contributed by atoms with Gasteiger partial charge in [0.1, 0.15) is 0 Å². The van der Waals surface area contributed by atoms with E-state index in [4.69, 9.17) is 4.74 Å². The number of carbonyl (C=O) groups excluding carboxylic acids is 2. The van der Waals surface area contributed by atoms with E-state index in [1.165, 1.54) is 0 Å². The Morgan fingerprint density at radius 3 is 2.74 bits per heavy atom. The van der Waals surface area contributed by atoms with E-state index in [2.05, 4.69) is 16.9 Å². The molecule has 1 aromatic heterocycles. The lowest BCUT2D eigenvalue weighted by Gasteiger charge is -2.36. The molecule has 27 heavy (non-hydrogen) atoms. The molecule has 3 heterocycles. The van der Waals surface area contributed by atoms with Crippen molar-refractivity contribution in [3.8, 4) is 0 Å². The molecular formula is C20H30N4O3. The predicted molar refractivity (Wildman–Crippen MR) is 102 cm³/mol. The summed E-state index contributed by atoms with van der Waals surface area (Å²) in [6, 6.07) is 3.71. The van der Waals surface area contributed by atoms with Crippen molar-refractivity contribution in [1.82, 2.24) is 19.7 Å². The lowest BCUT2D eigenvalue weighted by atomic mass is 10.1. The molecule has 2 saturated heterocycles. The SMILES string of the molecule is CN1CCCN(C(=O)C[C@H]2COCCN2C(=O)CCc2ccncc2)CC1. The summed E-state index contributed by atoms with van der Waals surface area (Å²) >= 11 is 0. The van der Waals surface area contributed by atoms with Crippen molar-refractivity contribution in [2.45, 2.75) is 31.7 Å². The topological polar surface area (TPSA) is 66.0 Å². The van der Waals surface area contributed by atoms with Gasteiger partial charge in [-0.05, 0) is 44.1 Å². The number of rotatable bonds is 5. The van der Waals surface area contributed by atoms with Gasteiger partial charge >= 0.3 is 0 Å². The van der Waals surface area contributed by atoms with Gasteiger partial charge in [0.25, 0.3) is 0 Å². The predicted octanol–water partition coefficient (Wildman–Crippen LogP) is 0.796. The first-order valence-corrected chi connectivity index (χ1v) is 9.86. The molecule has 2 aliphatic heterocycles. The molecule has 0 unspecified atom stereocenters. The summed E-state index contributed by atoms with van der Waals surface area (Å²) in [6.45, 7) is 5.04. The highest BCUT2D eigenvalue weighted by Gasteiger charge is 2.30. The Bertz CT molecular complexity index is 625. The first-order chi connectivity index (χ1) is 13.1. The Morgan fingerprint density at radius 2 is 1.93 bits per heavy atom. The average Bonchev–Trinajstić information content (AvgIpc) is 2.92. The van der Waals surface area contributed by atoms with Crippen LogP contribution in [-0.4, -0.2) is 90.5 Å². The number of hydrogen-bond donors (Lipinski definition) is 0. The third kappa shape index (κ3) is 5.74. The molecule has 2 fully saturated rings. The van der Waals surface area contributed by atoms with Crippen molar-refractivity contribution in [3.63, 3.8) is 0 Å². The Hall–Kier alpha value is -1.99. The van der Waals surface area contributed by atoms with Gasteiger partial charge in [-0.1, -0.05) is 0 Å². The van der Waals surface area contributed by atoms with Crippen LogP contribution in [-0.2, 0) is 20.7 Å². The number of likely N-dealkylation sites (N-methyl/N-ethyl adjacent to an activating group) is 1. The summed E-state index contributed by atoms with van der Waals surface area (Å²) < 4.78 is 5.57. The fraction of sp³-hybridized carbons (Fsp3) is 0.650. The molecule has 1 atom stereocenters. The van der Waals surface area contributed by atoms with E-state index in [0.717, 1.165) is 38.2 Å².